The van der Waals surface area contributed by atoms with Crippen molar-refractivity contribution in [1.82, 2.24) is 9.97 Å². The molecule has 0 amide bonds. The SMILES string of the molecule is CCCCCCCCCCc1cnc2cc(Cl)c(Cl)cc2n1. The van der Waals surface area contributed by atoms with Gasteiger partial charge in [0.15, 0.2) is 0 Å². The van der Waals surface area contributed by atoms with E-state index in [-0.39, 0.29) is 0 Å². The molecule has 2 aromatic rings. The Labute approximate surface area is 143 Å². The van der Waals surface area contributed by atoms with Crippen LogP contribution < -0.4 is 0 Å². The molecular formula is C18H24Cl2N2. The van der Waals surface area contributed by atoms with E-state index in [1.165, 1.54) is 51.4 Å². The molecular weight excluding hydrogens is 315 g/mol. The molecule has 2 nitrogen and oxygen atoms in total. The Morgan fingerprint density at radius 3 is 2.09 bits per heavy atom. The first-order chi connectivity index (χ1) is 10.7. The minimum absolute atomic E-state index is 0.527. The predicted molar refractivity (Wildman–Crippen MR) is 95.9 cm³/mol. The molecule has 0 unspecified atom stereocenters. The van der Waals surface area contributed by atoms with E-state index in [4.69, 9.17) is 23.2 Å². The van der Waals surface area contributed by atoms with Gasteiger partial charge in [0.2, 0.25) is 0 Å². The highest BCUT2D eigenvalue weighted by Crippen LogP contribution is 2.26. The molecule has 0 aliphatic carbocycles. The monoisotopic (exact) mass is 338 g/mol. The fraction of sp³-hybridized carbons (Fsp3) is 0.556. The molecule has 1 heterocycles. The van der Waals surface area contributed by atoms with E-state index < -0.39 is 0 Å². The molecule has 0 aliphatic rings. The number of nitrogens with zero attached hydrogens (tertiary/aromatic N) is 2. The average molecular weight is 339 g/mol. The number of aryl methyl sites for hydroxylation is 1. The van der Waals surface area contributed by atoms with Gasteiger partial charge in [0.25, 0.3) is 0 Å². The largest absolute Gasteiger partial charge is 0.253 e. The fourth-order valence-electron chi connectivity index (χ4n) is 2.61. The fourth-order valence-corrected chi connectivity index (χ4v) is 2.92. The van der Waals surface area contributed by atoms with Gasteiger partial charge in [-0.05, 0) is 25.0 Å². The van der Waals surface area contributed by atoms with Crippen molar-refractivity contribution in [3.05, 3.63) is 34.1 Å². The molecule has 0 radical (unpaired) electrons. The van der Waals surface area contributed by atoms with Gasteiger partial charge in [-0.1, -0.05) is 75.1 Å². The Morgan fingerprint density at radius 2 is 1.41 bits per heavy atom. The third-order valence-corrected chi connectivity index (χ3v) is 4.64. The molecule has 1 aromatic heterocycles. The van der Waals surface area contributed by atoms with E-state index in [0.717, 1.165) is 23.1 Å². The van der Waals surface area contributed by atoms with Crippen molar-refractivity contribution < 1.29 is 0 Å². The minimum atomic E-state index is 0.527. The normalized spacial score (nSPS) is 11.2. The van der Waals surface area contributed by atoms with Crippen LogP contribution in [0.25, 0.3) is 11.0 Å². The van der Waals surface area contributed by atoms with E-state index in [1.54, 1.807) is 12.1 Å². The van der Waals surface area contributed by atoms with Gasteiger partial charge < -0.3 is 0 Å². The molecule has 2 rings (SSSR count). The molecule has 0 N–H and O–H groups in total. The summed E-state index contributed by atoms with van der Waals surface area (Å²) in [7, 11) is 0. The summed E-state index contributed by atoms with van der Waals surface area (Å²) in [4.78, 5) is 9.06. The van der Waals surface area contributed by atoms with E-state index in [2.05, 4.69) is 16.9 Å². The maximum absolute atomic E-state index is 6.04. The molecule has 120 valence electrons. The van der Waals surface area contributed by atoms with Gasteiger partial charge in [0.1, 0.15) is 0 Å². The van der Waals surface area contributed by atoms with Crippen molar-refractivity contribution in [3.63, 3.8) is 0 Å². The highest BCUT2D eigenvalue weighted by molar-refractivity contribution is 6.42. The first-order valence-corrected chi connectivity index (χ1v) is 9.07. The second-order valence-electron chi connectivity index (χ2n) is 5.84. The molecule has 22 heavy (non-hydrogen) atoms. The van der Waals surface area contributed by atoms with Crippen molar-refractivity contribution in [2.45, 2.75) is 64.7 Å². The number of unbranched alkanes of at least 4 members (excludes halogenated alkanes) is 7. The van der Waals surface area contributed by atoms with Crippen LogP contribution in [0.3, 0.4) is 0 Å². The Balaban J connectivity index is 1.76. The smallest absolute Gasteiger partial charge is 0.0906 e. The maximum Gasteiger partial charge on any atom is 0.0906 e. The van der Waals surface area contributed by atoms with Gasteiger partial charge in [-0.3, -0.25) is 4.98 Å². The lowest BCUT2D eigenvalue weighted by Gasteiger charge is -2.04. The molecule has 0 saturated carbocycles. The topological polar surface area (TPSA) is 25.8 Å². The standard InChI is InChI=1S/C18H24Cl2N2/c1-2-3-4-5-6-7-8-9-10-14-13-21-17-11-15(19)16(20)12-18(17)22-14/h11-13H,2-10H2,1H3. The van der Waals surface area contributed by atoms with Gasteiger partial charge in [-0.25, -0.2) is 4.98 Å². The summed E-state index contributed by atoms with van der Waals surface area (Å²) in [6.07, 6.45) is 13.4. The first-order valence-electron chi connectivity index (χ1n) is 8.31. The summed E-state index contributed by atoms with van der Waals surface area (Å²) in [6, 6.07) is 3.57. The number of hydrogen-bond acceptors (Lipinski definition) is 2. The van der Waals surface area contributed by atoms with Crippen LogP contribution in [-0.4, -0.2) is 9.97 Å². The van der Waals surface area contributed by atoms with E-state index >= 15 is 0 Å². The second kappa shape index (κ2) is 9.32. The van der Waals surface area contributed by atoms with Crippen LogP contribution in [0.2, 0.25) is 10.0 Å². The Kier molecular flexibility index (Phi) is 7.41. The van der Waals surface area contributed by atoms with Crippen molar-refractivity contribution in [2.75, 3.05) is 0 Å². The summed E-state index contributed by atoms with van der Waals surface area (Å²) in [5.74, 6) is 0. The number of aromatic nitrogens is 2. The van der Waals surface area contributed by atoms with Crippen molar-refractivity contribution in [2.24, 2.45) is 0 Å². The third kappa shape index (κ3) is 5.40. The zero-order valence-corrected chi connectivity index (χ0v) is 14.8. The number of halogens is 2. The molecule has 4 heteroatoms. The lowest BCUT2D eigenvalue weighted by atomic mass is 10.1. The Hall–Kier alpha value is -0.860. The first kappa shape index (κ1) is 17.5. The molecule has 0 fully saturated rings. The van der Waals surface area contributed by atoms with Crippen LogP contribution in [-0.2, 0) is 6.42 Å². The predicted octanol–water partition coefficient (Wildman–Crippen LogP) is 6.62. The number of benzene rings is 1. The number of hydrogen-bond donors (Lipinski definition) is 0. The van der Waals surface area contributed by atoms with Gasteiger partial charge >= 0.3 is 0 Å². The summed E-state index contributed by atoms with van der Waals surface area (Å²) in [5, 5.41) is 1.06. The average Bonchev–Trinajstić information content (AvgIpc) is 2.51. The van der Waals surface area contributed by atoms with Crippen LogP contribution in [0.1, 0.15) is 64.0 Å². The van der Waals surface area contributed by atoms with Crippen LogP contribution in [0.15, 0.2) is 18.3 Å². The van der Waals surface area contributed by atoms with Gasteiger partial charge in [-0.15, -0.1) is 0 Å². The van der Waals surface area contributed by atoms with Gasteiger partial charge in [-0.2, -0.15) is 0 Å². The molecule has 0 spiro atoms. The Bertz CT molecular complexity index is 599. The second-order valence-corrected chi connectivity index (χ2v) is 6.66. The quantitative estimate of drug-likeness (QED) is 0.480. The van der Waals surface area contributed by atoms with Crippen LogP contribution in [0.5, 0.6) is 0 Å². The number of fused-ring (bicyclic) bond motifs is 1. The van der Waals surface area contributed by atoms with E-state index in [9.17, 15) is 0 Å². The lowest BCUT2D eigenvalue weighted by Crippen LogP contribution is -1.94. The molecule has 0 saturated heterocycles. The van der Waals surface area contributed by atoms with Crippen LogP contribution >= 0.6 is 23.2 Å². The van der Waals surface area contributed by atoms with E-state index in [0.29, 0.717) is 10.0 Å². The summed E-state index contributed by atoms with van der Waals surface area (Å²) in [5.41, 5.74) is 2.66. The molecule has 0 aliphatic heterocycles. The van der Waals surface area contributed by atoms with Gasteiger partial charge in [0.05, 0.1) is 26.8 Å². The number of rotatable bonds is 9. The third-order valence-electron chi connectivity index (χ3n) is 3.92. The van der Waals surface area contributed by atoms with Crippen molar-refractivity contribution in [1.29, 1.82) is 0 Å². The molecule has 1 aromatic carbocycles. The molecule has 0 bridgehead atoms. The summed E-state index contributed by atoms with van der Waals surface area (Å²) in [6.45, 7) is 2.26. The maximum atomic E-state index is 6.04. The highest BCUT2D eigenvalue weighted by atomic mass is 35.5. The highest BCUT2D eigenvalue weighted by Gasteiger charge is 2.05. The molecule has 0 atom stereocenters. The Morgan fingerprint density at radius 1 is 0.818 bits per heavy atom. The van der Waals surface area contributed by atoms with Gasteiger partial charge in [0, 0.05) is 6.20 Å². The van der Waals surface area contributed by atoms with Crippen LogP contribution in [0.4, 0.5) is 0 Å². The summed E-state index contributed by atoms with van der Waals surface area (Å²) >= 11 is 12.0. The van der Waals surface area contributed by atoms with E-state index in [1.807, 2.05) is 6.20 Å². The summed E-state index contributed by atoms with van der Waals surface area (Å²) < 4.78 is 0. The van der Waals surface area contributed by atoms with Crippen molar-refractivity contribution >= 4 is 34.2 Å². The zero-order chi connectivity index (χ0) is 15.8. The lowest BCUT2D eigenvalue weighted by molar-refractivity contribution is 0.574. The van der Waals surface area contributed by atoms with Crippen LogP contribution in [0, 0.1) is 0 Å². The zero-order valence-electron chi connectivity index (χ0n) is 13.2. The van der Waals surface area contributed by atoms with Crippen molar-refractivity contribution in [3.8, 4) is 0 Å². The minimum Gasteiger partial charge on any atom is -0.253 e.